The van der Waals surface area contributed by atoms with Crippen LogP contribution >= 0.6 is 0 Å². The minimum Gasteiger partial charge on any atom is -0.494 e. The van der Waals surface area contributed by atoms with Crippen LogP contribution in [-0.2, 0) is 0 Å². The molecule has 0 atom stereocenters. The van der Waals surface area contributed by atoms with Crippen LogP contribution in [0, 0.1) is 0 Å². The zero-order chi connectivity index (χ0) is 50.9. The van der Waals surface area contributed by atoms with Crippen molar-refractivity contribution in [2.75, 3.05) is 13.2 Å². The highest BCUT2D eigenvalue weighted by molar-refractivity contribution is 5.94. The molecular formula is C62H78O10. The first-order chi connectivity index (χ1) is 35.3. The number of ether oxygens (including phenoxy) is 6. The summed E-state index contributed by atoms with van der Waals surface area (Å²) in [5, 5.41) is 0. The molecule has 10 heteroatoms. The summed E-state index contributed by atoms with van der Waals surface area (Å²) in [6, 6.07) is 31.9. The molecule has 0 aliphatic carbocycles. The highest BCUT2D eigenvalue weighted by atomic mass is 16.6. The number of rotatable bonds is 36. The van der Waals surface area contributed by atoms with E-state index < -0.39 is 23.9 Å². The van der Waals surface area contributed by atoms with Crippen LogP contribution in [0.25, 0.3) is 0 Å². The number of carbonyl (C=O) groups is 4. The average molecular weight is 983 g/mol. The van der Waals surface area contributed by atoms with E-state index in [-0.39, 0.29) is 34.1 Å². The van der Waals surface area contributed by atoms with Gasteiger partial charge in [-0.3, -0.25) is 0 Å². The standard InChI is InChI=1S/C62H78O10/c1-3-5-7-9-11-13-15-16-17-18-20-22-24-26-47-68-54-40-32-50(33-41-54)60(64)70-56-44-36-52(37-45-56)62(66)72-58-29-27-28-57(48-58)71-61(65)51-34-42-55(43-35-51)69-59(63)49-30-38-53(39-31-49)67-46-25-23-21-19-14-12-10-8-6-4-2/h27-45,48H,3-26,46-47H2,1-2H3. The Morgan fingerprint density at radius 3 is 0.792 bits per heavy atom. The third-order valence-corrected chi connectivity index (χ3v) is 12.5. The molecule has 0 radical (unpaired) electrons. The van der Waals surface area contributed by atoms with Gasteiger partial charge in [-0.25, -0.2) is 19.2 Å². The third-order valence-electron chi connectivity index (χ3n) is 12.5. The van der Waals surface area contributed by atoms with E-state index in [1.54, 1.807) is 66.7 Å². The van der Waals surface area contributed by atoms with E-state index >= 15 is 0 Å². The molecule has 0 fully saturated rings. The first-order valence-corrected chi connectivity index (χ1v) is 27.0. The van der Waals surface area contributed by atoms with Crippen molar-refractivity contribution >= 4 is 23.9 Å². The SMILES string of the molecule is CCCCCCCCCCCCCCCCOc1ccc(C(=O)Oc2ccc(C(=O)Oc3cccc(OC(=O)c4ccc(OC(=O)c5ccc(OCCCCCCCCCCCC)cc5)cc4)c3)cc2)cc1. The van der Waals surface area contributed by atoms with Crippen LogP contribution in [0.1, 0.15) is 209 Å². The summed E-state index contributed by atoms with van der Waals surface area (Å²) in [5.41, 5.74) is 1.19. The molecule has 5 rings (SSSR count). The Hall–Kier alpha value is -6.42. The molecule has 0 aromatic heterocycles. The van der Waals surface area contributed by atoms with Crippen LogP contribution in [-0.4, -0.2) is 37.1 Å². The van der Waals surface area contributed by atoms with Gasteiger partial charge in [-0.05, 0) is 122 Å². The van der Waals surface area contributed by atoms with Crippen LogP contribution in [0.5, 0.6) is 34.5 Å². The van der Waals surface area contributed by atoms with Gasteiger partial charge in [-0.1, -0.05) is 161 Å². The molecule has 0 amide bonds. The molecule has 0 spiro atoms. The number of benzene rings is 5. The van der Waals surface area contributed by atoms with Crippen LogP contribution < -0.4 is 28.4 Å². The fraction of sp³-hybridized carbons (Fsp3) is 0.452. The second-order valence-corrected chi connectivity index (χ2v) is 18.6. The van der Waals surface area contributed by atoms with Crippen molar-refractivity contribution < 1.29 is 47.6 Å². The quantitative estimate of drug-likeness (QED) is 0.0218. The van der Waals surface area contributed by atoms with E-state index in [9.17, 15) is 19.2 Å². The predicted octanol–water partition coefficient (Wildman–Crippen LogP) is 16.7. The monoisotopic (exact) mass is 983 g/mol. The van der Waals surface area contributed by atoms with Crippen LogP contribution in [0.4, 0.5) is 0 Å². The maximum atomic E-state index is 13.0. The summed E-state index contributed by atoms with van der Waals surface area (Å²) < 4.78 is 33.9. The lowest BCUT2D eigenvalue weighted by Gasteiger charge is -2.09. The zero-order valence-electron chi connectivity index (χ0n) is 43.0. The van der Waals surface area contributed by atoms with E-state index in [0.717, 1.165) is 25.7 Å². The largest absolute Gasteiger partial charge is 0.494 e. The van der Waals surface area contributed by atoms with Crippen molar-refractivity contribution in [3.8, 4) is 34.5 Å². The Morgan fingerprint density at radius 2 is 0.514 bits per heavy atom. The van der Waals surface area contributed by atoms with Crippen molar-refractivity contribution in [1.29, 1.82) is 0 Å². The second-order valence-electron chi connectivity index (χ2n) is 18.6. The number of hydrogen-bond acceptors (Lipinski definition) is 10. The highest BCUT2D eigenvalue weighted by Crippen LogP contribution is 2.25. The molecule has 0 unspecified atom stereocenters. The fourth-order valence-electron chi connectivity index (χ4n) is 8.22. The van der Waals surface area contributed by atoms with Gasteiger partial charge in [0.2, 0.25) is 0 Å². The highest BCUT2D eigenvalue weighted by Gasteiger charge is 2.16. The summed E-state index contributed by atoms with van der Waals surface area (Å²) in [6.07, 6.45) is 31.0. The summed E-state index contributed by atoms with van der Waals surface area (Å²) in [7, 11) is 0. The average Bonchev–Trinajstić information content (AvgIpc) is 3.40. The van der Waals surface area contributed by atoms with Gasteiger partial charge in [0.1, 0.15) is 34.5 Å². The predicted molar refractivity (Wildman–Crippen MR) is 285 cm³/mol. The van der Waals surface area contributed by atoms with Crippen molar-refractivity contribution in [2.45, 2.75) is 168 Å². The number of esters is 4. The van der Waals surface area contributed by atoms with E-state index in [0.29, 0.717) is 35.8 Å². The molecule has 0 N–H and O–H groups in total. The first-order valence-electron chi connectivity index (χ1n) is 27.0. The Kier molecular flexibility index (Phi) is 26.7. The van der Waals surface area contributed by atoms with Crippen LogP contribution in [0.3, 0.4) is 0 Å². The summed E-state index contributed by atoms with van der Waals surface area (Å²) in [5.74, 6) is -0.139. The lowest BCUT2D eigenvalue weighted by atomic mass is 10.0. The molecule has 72 heavy (non-hydrogen) atoms. The molecule has 386 valence electrons. The summed E-state index contributed by atoms with van der Waals surface area (Å²) in [6.45, 7) is 5.79. The number of carbonyl (C=O) groups excluding carboxylic acids is 4. The third kappa shape index (κ3) is 22.3. The molecular weight excluding hydrogens is 905 g/mol. The molecule has 0 heterocycles. The van der Waals surface area contributed by atoms with Crippen molar-refractivity contribution in [2.24, 2.45) is 0 Å². The van der Waals surface area contributed by atoms with Gasteiger partial charge in [0.05, 0.1) is 35.5 Å². The van der Waals surface area contributed by atoms with E-state index in [4.69, 9.17) is 28.4 Å². The Labute approximate surface area is 429 Å². The molecule has 0 bridgehead atoms. The summed E-state index contributed by atoms with van der Waals surface area (Å²) >= 11 is 0. The number of hydrogen-bond donors (Lipinski definition) is 0. The first kappa shape index (κ1) is 56.5. The van der Waals surface area contributed by atoms with Gasteiger partial charge < -0.3 is 28.4 Å². The smallest absolute Gasteiger partial charge is 0.343 e. The van der Waals surface area contributed by atoms with Gasteiger partial charge in [0.25, 0.3) is 0 Å². The Morgan fingerprint density at radius 1 is 0.278 bits per heavy atom. The Bertz CT molecular complexity index is 2300. The number of unbranched alkanes of at least 4 members (excludes halogenated alkanes) is 22. The second kappa shape index (κ2) is 34.0. The zero-order valence-corrected chi connectivity index (χ0v) is 43.0. The molecule has 5 aromatic rings. The van der Waals surface area contributed by atoms with E-state index in [1.807, 2.05) is 0 Å². The topological polar surface area (TPSA) is 124 Å². The molecule has 0 aliphatic heterocycles. The summed E-state index contributed by atoms with van der Waals surface area (Å²) in [4.78, 5) is 51.7. The van der Waals surface area contributed by atoms with Crippen molar-refractivity contribution in [3.63, 3.8) is 0 Å². The molecule has 0 saturated carbocycles. The van der Waals surface area contributed by atoms with Crippen LogP contribution in [0.2, 0.25) is 0 Å². The van der Waals surface area contributed by atoms with Crippen molar-refractivity contribution in [3.05, 3.63) is 144 Å². The minimum atomic E-state index is -0.658. The van der Waals surface area contributed by atoms with Gasteiger partial charge in [0, 0.05) is 6.07 Å². The van der Waals surface area contributed by atoms with Gasteiger partial charge in [0.15, 0.2) is 0 Å². The lowest BCUT2D eigenvalue weighted by Crippen LogP contribution is -2.11. The molecule has 0 aliphatic rings. The molecule has 10 nitrogen and oxygen atoms in total. The maximum Gasteiger partial charge on any atom is 0.343 e. The molecule has 0 saturated heterocycles. The van der Waals surface area contributed by atoms with Gasteiger partial charge in [-0.15, -0.1) is 0 Å². The maximum absolute atomic E-state index is 13.0. The van der Waals surface area contributed by atoms with Crippen molar-refractivity contribution in [1.82, 2.24) is 0 Å². The minimum absolute atomic E-state index is 0.156. The normalized spacial score (nSPS) is 10.9. The lowest BCUT2D eigenvalue weighted by molar-refractivity contribution is 0.0723. The van der Waals surface area contributed by atoms with Gasteiger partial charge in [-0.2, -0.15) is 0 Å². The van der Waals surface area contributed by atoms with E-state index in [2.05, 4.69) is 13.8 Å². The Balaban J connectivity index is 0.944. The van der Waals surface area contributed by atoms with E-state index in [1.165, 1.54) is 183 Å². The fourth-order valence-corrected chi connectivity index (χ4v) is 8.22. The molecule has 5 aromatic carbocycles. The van der Waals surface area contributed by atoms with Crippen LogP contribution in [0.15, 0.2) is 121 Å². The van der Waals surface area contributed by atoms with Gasteiger partial charge >= 0.3 is 23.9 Å².